The molecule has 8 heteroatoms. The molecule has 112 valence electrons. The van der Waals surface area contributed by atoms with Crippen molar-refractivity contribution in [2.45, 2.75) is 6.54 Å². The van der Waals surface area contributed by atoms with Gasteiger partial charge >= 0.3 is 0 Å². The van der Waals surface area contributed by atoms with Crippen molar-refractivity contribution in [3.63, 3.8) is 0 Å². The molecule has 3 heterocycles. The molecule has 0 spiro atoms. The maximum Gasteiger partial charge on any atom is 0.271 e. The number of pyridine rings is 1. The van der Waals surface area contributed by atoms with Crippen molar-refractivity contribution in [3.8, 4) is 5.88 Å². The fraction of sp³-hybridized carbons (Fsp3) is 0.143. The second kappa shape index (κ2) is 5.94. The van der Waals surface area contributed by atoms with Crippen LogP contribution in [-0.2, 0) is 11.3 Å². The lowest BCUT2D eigenvalue weighted by Crippen LogP contribution is -2.27. The Morgan fingerprint density at radius 3 is 2.95 bits per heavy atom. The number of amides is 1. The number of nitrogens with zero attached hydrogens (tertiary/aromatic N) is 3. The highest BCUT2D eigenvalue weighted by atomic mass is 32.1. The van der Waals surface area contributed by atoms with Gasteiger partial charge in [-0.1, -0.05) is 0 Å². The van der Waals surface area contributed by atoms with Gasteiger partial charge in [0.25, 0.3) is 5.56 Å². The summed E-state index contributed by atoms with van der Waals surface area (Å²) >= 11 is 1.31. The summed E-state index contributed by atoms with van der Waals surface area (Å²) in [7, 11) is 1.51. The van der Waals surface area contributed by atoms with Crippen LogP contribution in [0, 0.1) is 0 Å². The van der Waals surface area contributed by atoms with Crippen LogP contribution < -0.4 is 15.6 Å². The number of hydrogen-bond donors (Lipinski definition) is 1. The quantitative estimate of drug-likeness (QED) is 0.788. The second-order valence-electron chi connectivity index (χ2n) is 4.45. The molecule has 3 aromatic rings. The first kappa shape index (κ1) is 14.2. The first-order valence-electron chi connectivity index (χ1n) is 6.40. The molecule has 0 saturated heterocycles. The lowest BCUT2D eigenvalue weighted by atomic mass is 10.4. The summed E-state index contributed by atoms with van der Waals surface area (Å²) < 4.78 is 6.77. The third kappa shape index (κ3) is 2.82. The molecule has 3 aromatic heterocycles. The highest BCUT2D eigenvalue weighted by molar-refractivity contribution is 7.17. The molecule has 3 rings (SSSR count). The molecule has 22 heavy (non-hydrogen) atoms. The maximum atomic E-state index is 12.2. The minimum absolute atomic E-state index is 0.105. The van der Waals surface area contributed by atoms with Crippen molar-refractivity contribution in [2.24, 2.45) is 0 Å². The van der Waals surface area contributed by atoms with Crippen LogP contribution in [0.3, 0.4) is 0 Å². The van der Waals surface area contributed by atoms with E-state index in [0.717, 1.165) is 0 Å². The maximum absolute atomic E-state index is 12.2. The summed E-state index contributed by atoms with van der Waals surface area (Å²) in [5.41, 5.74) is 0.957. The van der Waals surface area contributed by atoms with Crippen molar-refractivity contribution in [3.05, 3.63) is 46.5 Å². The van der Waals surface area contributed by atoms with Crippen LogP contribution in [0.1, 0.15) is 0 Å². The zero-order valence-electron chi connectivity index (χ0n) is 11.6. The van der Waals surface area contributed by atoms with Crippen LogP contribution in [0.5, 0.6) is 5.88 Å². The van der Waals surface area contributed by atoms with Gasteiger partial charge in [-0.2, -0.15) is 0 Å². The number of anilines is 1. The monoisotopic (exact) mass is 316 g/mol. The van der Waals surface area contributed by atoms with Gasteiger partial charge in [-0.15, -0.1) is 11.3 Å². The summed E-state index contributed by atoms with van der Waals surface area (Å²) in [5, 5.41) is 4.47. The highest BCUT2D eigenvalue weighted by Crippen LogP contribution is 2.13. The predicted molar refractivity (Wildman–Crippen MR) is 83.3 cm³/mol. The molecular formula is C14H12N4O3S. The molecule has 0 aliphatic heterocycles. The summed E-state index contributed by atoms with van der Waals surface area (Å²) in [4.78, 5) is 32.3. The number of rotatable bonds is 4. The first-order chi connectivity index (χ1) is 10.7. The Morgan fingerprint density at radius 2 is 2.23 bits per heavy atom. The van der Waals surface area contributed by atoms with E-state index < -0.39 is 0 Å². The molecular weight excluding hydrogens is 304 g/mol. The number of fused-ring (bicyclic) bond motifs is 1. The van der Waals surface area contributed by atoms with Crippen LogP contribution in [0.25, 0.3) is 10.2 Å². The minimum Gasteiger partial charge on any atom is -0.481 e. The van der Waals surface area contributed by atoms with Gasteiger partial charge in [-0.3, -0.25) is 14.2 Å². The van der Waals surface area contributed by atoms with E-state index in [-0.39, 0.29) is 18.0 Å². The molecule has 0 bridgehead atoms. The molecule has 1 amide bonds. The average molecular weight is 316 g/mol. The highest BCUT2D eigenvalue weighted by Gasteiger charge is 2.09. The Kier molecular flexibility index (Phi) is 3.84. The van der Waals surface area contributed by atoms with Crippen LogP contribution in [0.4, 0.5) is 5.69 Å². The zero-order valence-corrected chi connectivity index (χ0v) is 12.5. The Hall–Kier alpha value is -2.74. The van der Waals surface area contributed by atoms with E-state index in [0.29, 0.717) is 21.8 Å². The van der Waals surface area contributed by atoms with Crippen molar-refractivity contribution >= 4 is 33.1 Å². The van der Waals surface area contributed by atoms with Gasteiger partial charge in [-0.25, -0.2) is 9.97 Å². The van der Waals surface area contributed by atoms with E-state index in [9.17, 15) is 9.59 Å². The molecule has 0 saturated carbocycles. The number of thiophene rings is 1. The van der Waals surface area contributed by atoms with Gasteiger partial charge < -0.3 is 10.1 Å². The SMILES string of the molecule is COc1ccc(NC(=O)Cn2cnc3ccsc3c2=O)cn1. The van der Waals surface area contributed by atoms with Crippen LogP contribution in [0.2, 0.25) is 0 Å². The first-order valence-corrected chi connectivity index (χ1v) is 7.28. The zero-order chi connectivity index (χ0) is 15.5. The molecule has 0 atom stereocenters. The fourth-order valence-corrected chi connectivity index (χ4v) is 2.71. The van der Waals surface area contributed by atoms with E-state index in [1.54, 1.807) is 23.6 Å². The van der Waals surface area contributed by atoms with Crippen molar-refractivity contribution in [1.29, 1.82) is 0 Å². The van der Waals surface area contributed by atoms with E-state index in [4.69, 9.17) is 4.74 Å². The minimum atomic E-state index is -0.327. The topological polar surface area (TPSA) is 86.1 Å². The number of carbonyl (C=O) groups is 1. The number of aromatic nitrogens is 3. The number of hydrogen-bond acceptors (Lipinski definition) is 6. The molecule has 0 aliphatic rings. The Labute approximate surface area is 129 Å². The summed E-state index contributed by atoms with van der Waals surface area (Å²) in [6, 6.07) is 5.09. The molecule has 0 aliphatic carbocycles. The van der Waals surface area contributed by atoms with Crippen molar-refractivity contribution in [2.75, 3.05) is 12.4 Å². The number of ether oxygens (including phenoxy) is 1. The van der Waals surface area contributed by atoms with E-state index in [1.165, 1.54) is 35.5 Å². The van der Waals surface area contributed by atoms with Crippen molar-refractivity contribution in [1.82, 2.24) is 14.5 Å². The molecule has 0 aromatic carbocycles. The van der Waals surface area contributed by atoms with Gasteiger partial charge in [0, 0.05) is 6.07 Å². The van der Waals surface area contributed by atoms with Gasteiger partial charge in [-0.05, 0) is 17.5 Å². The standard InChI is InChI=1S/C14H12N4O3S/c1-21-12-3-2-9(6-15-12)17-11(19)7-18-8-16-10-4-5-22-13(10)14(18)20/h2-6,8H,7H2,1H3,(H,17,19). The lowest BCUT2D eigenvalue weighted by molar-refractivity contribution is -0.116. The van der Waals surface area contributed by atoms with E-state index in [2.05, 4.69) is 15.3 Å². The summed E-state index contributed by atoms with van der Waals surface area (Å²) in [6.45, 7) is -0.105. The number of carbonyl (C=O) groups excluding carboxylic acids is 1. The lowest BCUT2D eigenvalue weighted by Gasteiger charge is -2.07. The smallest absolute Gasteiger partial charge is 0.271 e. The molecule has 0 unspecified atom stereocenters. The largest absolute Gasteiger partial charge is 0.481 e. The van der Waals surface area contributed by atoms with Crippen LogP contribution >= 0.6 is 11.3 Å². The van der Waals surface area contributed by atoms with E-state index in [1.807, 2.05) is 0 Å². The van der Waals surface area contributed by atoms with Gasteiger partial charge in [0.05, 0.1) is 30.8 Å². The second-order valence-corrected chi connectivity index (χ2v) is 5.37. The van der Waals surface area contributed by atoms with Gasteiger partial charge in [0.2, 0.25) is 11.8 Å². The van der Waals surface area contributed by atoms with Gasteiger partial charge in [0.1, 0.15) is 11.2 Å². The Morgan fingerprint density at radius 1 is 1.36 bits per heavy atom. The van der Waals surface area contributed by atoms with E-state index >= 15 is 0 Å². The Bertz CT molecular complexity index is 870. The third-order valence-electron chi connectivity index (χ3n) is 2.98. The number of nitrogens with one attached hydrogen (secondary N) is 1. The molecule has 0 fully saturated rings. The molecule has 1 N–H and O–H groups in total. The predicted octanol–water partition coefficient (Wildman–Crippen LogP) is 1.50. The summed E-state index contributed by atoms with van der Waals surface area (Å²) in [6.07, 6.45) is 2.86. The van der Waals surface area contributed by atoms with Crippen molar-refractivity contribution < 1.29 is 9.53 Å². The average Bonchev–Trinajstić information content (AvgIpc) is 3.00. The van der Waals surface area contributed by atoms with Gasteiger partial charge in [0.15, 0.2) is 0 Å². The fourth-order valence-electron chi connectivity index (χ4n) is 1.92. The third-order valence-corrected chi connectivity index (χ3v) is 3.87. The van der Waals surface area contributed by atoms with Crippen LogP contribution in [0.15, 0.2) is 40.9 Å². The summed E-state index contributed by atoms with van der Waals surface area (Å²) in [5.74, 6) is 0.133. The van der Waals surface area contributed by atoms with Crippen LogP contribution in [-0.4, -0.2) is 27.6 Å². The number of methoxy groups -OCH3 is 1. The normalized spacial score (nSPS) is 10.6. The Balaban J connectivity index is 1.74. The molecule has 7 nitrogen and oxygen atoms in total. The molecule has 0 radical (unpaired) electrons.